The second-order valence-corrected chi connectivity index (χ2v) is 4.54. The van der Waals surface area contributed by atoms with Crippen LogP contribution in [0.4, 0.5) is 0 Å². The molecule has 0 atom stereocenters. The fourth-order valence-corrected chi connectivity index (χ4v) is 2.16. The zero-order valence-electron chi connectivity index (χ0n) is 9.30. The van der Waals surface area contributed by atoms with E-state index in [9.17, 15) is 4.79 Å². The van der Waals surface area contributed by atoms with Crippen molar-refractivity contribution in [2.75, 3.05) is 0 Å². The van der Waals surface area contributed by atoms with Crippen molar-refractivity contribution in [2.45, 2.75) is 0 Å². The molecule has 0 unspecified atom stereocenters. The molecule has 0 aromatic carbocycles. The molecule has 3 aromatic heterocycles. The smallest absolute Gasteiger partial charge is 0.335 e. The lowest BCUT2D eigenvalue weighted by molar-refractivity contribution is 0.0697. The Hall–Kier alpha value is -1.98. The molecule has 0 saturated carbocycles. The number of hydrogen-bond acceptors (Lipinski definition) is 3. The van der Waals surface area contributed by atoms with Crippen LogP contribution in [0.3, 0.4) is 0 Å². The number of nitrogens with zero attached hydrogens (tertiary/aromatic N) is 2. The Morgan fingerprint density at radius 1 is 1.32 bits per heavy atom. The van der Waals surface area contributed by atoms with Gasteiger partial charge >= 0.3 is 5.97 Å². The lowest BCUT2D eigenvalue weighted by atomic mass is 10.2. The molecule has 0 aliphatic carbocycles. The van der Waals surface area contributed by atoms with Crippen molar-refractivity contribution in [2.24, 2.45) is 0 Å². The highest BCUT2D eigenvalue weighted by molar-refractivity contribution is 6.33. The van der Waals surface area contributed by atoms with Crippen LogP contribution in [0.25, 0.3) is 17.1 Å². The molecule has 3 aromatic rings. The number of imidazole rings is 1. The van der Waals surface area contributed by atoms with Gasteiger partial charge in [-0.15, -0.1) is 0 Å². The van der Waals surface area contributed by atoms with Crippen molar-refractivity contribution in [3.63, 3.8) is 0 Å². The maximum Gasteiger partial charge on any atom is 0.335 e. The summed E-state index contributed by atoms with van der Waals surface area (Å²) in [6, 6.07) is 6.17. The van der Waals surface area contributed by atoms with E-state index in [1.165, 1.54) is 12.1 Å². The molecule has 7 heteroatoms. The highest BCUT2D eigenvalue weighted by Crippen LogP contribution is 2.28. The first-order valence-electron chi connectivity index (χ1n) is 5.23. The first-order valence-corrected chi connectivity index (χ1v) is 5.98. The number of carbonyl (C=O) groups is 1. The van der Waals surface area contributed by atoms with Gasteiger partial charge in [-0.2, -0.15) is 0 Å². The Morgan fingerprint density at radius 2 is 2.11 bits per heavy atom. The van der Waals surface area contributed by atoms with Crippen LogP contribution in [0.15, 0.2) is 34.9 Å². The zero-order valence-corrected chi connectivity index (χ0v) is 10.8. The van der Waals surface area contributed by atoms with Gasteiger partial charge in [0, 0.05) is 6.20 Å². The third-order valence-corrected chi connectivity index (χ3v) is 3.12. The van der Waals surface area contributed by atoms with E-state index in [1.807, 2.05) is 0 Å². The predicted octanol–water partition coefficient (Wildman–Crippen LogP) is 3.60. The number of halogens is 2. The van der Waals surface area contributed by atoms with Crippen molar-refractivity contribution < 1.29 is 14.3 Å². The Bertz CT molecular complexity index is 791. The minimum absolute atomic E-state index is 0.137. The molecule has 0 spiro atoms. The van der Waals surface area contributed by atoms with E-state index in [2.05, 4.69) is 4.98 Å². The largest absolute Gasteiger partial charge is 0.478 e. The standard InChI is InChI=1S/C12H6Cl2N2O3/c13-9-2-1-8(19-9)11-15-10(14)7-5-6(12(17)18)3-4-16(7)11/h1-5H,(H,17,18). The van der Waals surface area contributed by atoms with E-state index >= 15 is 0 Å². The van der Waals surface area contributed by atoms with Crippen LogP contribution in [0.2, 0.25) is 10.4 Å². The highest BCUT2D eigenvalue weighted by Gasteiger charge is 2.16. The number of fused-ring (bicyclic) bond motifs is 1. The van der Waals surface area contributed by atoms with Gasteiger partial charge in [0.15, 0.2) is 22.0 Å². The molecule has 0 fully saturated rings. The van der Waals surface area contributed by atoms with E-state index in [-0.39, 0.29) is 15.9 Å². The normalized spacial score (nSPS) is 11.1. The van der Waals surface area contributed by atoms with Crippen molar-refractivity contribution in [1.29, 1.82) is 0 Å². The summed E-state index contributed by atoms with van der Waals surface area (Å²) < 4.78 is 6.92. The summed E-state index contributed by atoms with van der Waals surface area (Å²) >= 11 is 11.7. The van der Waals surface area contributed by atoms with Crippen LogP contribution in [-0.4, -0.2) is 20.5 Å². The molecule has 5 nitrogen and oxygen atoms in total. The lowest BCUT2D eigenvalue weighted by Crippen LogP contribution is -1.97. The molecular weight excluding hydrogens is 291 g/mol. The lowest BCUT2D eigenvalue weighted by Gasteiger charge is -1.99. The molecular formula is C12H6Cl2N2O3. The zero-order chi connectivity index (χ0) is 13.6. The second-order valence-electron chi connectivity index (χ2n) is 3.81. The summed E-state index contributed by atoms with van der Waals surface area (Å²) in [7, 11) is 0. The summed E-state index contributed by atoms with van der Waals surface area (Å²) in [6.45, 7) is 0. The number of pyridine rings is 1. The summed E-state index contributed by atoms with van der Waals surface area (Å²) in [5.74, 6) is -0.110. The number of furan rings is 1. The van der Waals surface area contributed by atoms with E-state index in [4.69, 9.17) is 32.7 Å². The third kappa shape index (κ3) is 1.97. The van der Waals surface area contributed by atoms with E-state index < -0.39 is 5.97 Å². The first-order chi connectivity index (χ1) is 9.06. The first kappa shape index (κ1) is 12.1. The van der Waals surface area contributed by atoms with Gasteiger partial charge in [-0.1, -0.05) is 11.6 Å². The van der Waals surface area contributed by atoms with Crippen LogP contribution >= 0.6 is 23.2 Å². The number of rotatable bonds is 2. The Morgan fingerprint density at radius 3 is 2.74 bits per heavy atom. The van der Waals surface area contributed by atoms with Gasteiger partial charge in [-0.25, -0.2) is 9.78 Å². The fraction of sp³-hybridized carbons (Fsp3) is 0. The average molecular weight is 297 g/mol. The minimum Gasteiger partial charge on any atom is -0.478 e. The number of hydrogen-bond donors (Lipinski definition) is 1. The molecule has 19 heavy (non-hydrogen) atoms. The third-order valence-electron chi connectivity index (χ3n) is 2.64. The van der Waals surface area contributed by atoms with Gasteiger partial charge in [-0.3, -0.25) is 4.40 Å². The number of carboxylic acids is 1. The van der Waals surface area contributed by atoms with Crippen LogP contribution in [0.5, 0.6) is 0 Å². The van der Waals surface area contributed by atoms with Crippen molar-refractivity contribution >= 4 is 34.7 Å². The molecule has 3 rings (SSSR count). The molecule has 0 saturated heterocycles. The monoisotopic (exact) mass is 296 g/mol. The summed E-state index contributed by atoms with van der Waals surface area (Å²) in [6.07, 6.45) is 1.57. The van der Waals surface area contributed by atoms with Crippen LogP contribution < -0.4 is 0 Å². The van der Waals surface area contributed by atoms with Gasteiger partial charge in [0.1, 0.15) is 0 Å². The maximum absolute atomic E-state index is 10.9. The topological polar surface area (TPSA) is 67.7 Å². The van der Waals surface area contributed by atoms with E-state index in [0.29, 0.717) is 17.1 Å². The molecule has 0 aliphatic heterocycles. The number of carboxylic acid groups (broad SMARTS) is 1. The quantitative estimate of drug-likeness (QED) is 0.784. The SMILES string of the molecule is O=C(O)c1ccn2c(-c3ccc(Cl)o3)nc(Cl)c2c1. The summed E-state index contributed by atoms with van der Waals surface area (Å²) in [4.78, 5) is 15.1. The van der Waals surface area contributed by atoms with Gasteiger partial charge in [0.05, 0.1) is 11.1 Å². The Balaban J connectivity index is 2.25. The van der Waals surface area contributed by atoms with Gasteiger partial charge < -0.3 is 9.52 Å². The van der Waals surface area contributed by atoms with Crippen molar-refractivity contribution in [3.8, 4) is 11.6 Å². The average Bonchev–Trinajstić information content (AvgIpc) is 2.94. The molecule has 0 amide bonds. The van der Waals surface area contributed by atoms with Crippen molar-refractivity contribution in [3.05, 3.63) is 46.4 Å². The minimum atomic E-state index is -1.03. The Kier molecular flexibility index (Phi) is 2.73. The summed E-state index contributed by atoms with van der Waals surface area (Å²) in [5, 5.41) is 9.39. The van der Waals surface area contributed by atoms with Crippen molar-refractivity contribution in [1.82, 2.24) is 9.38 Å². The van der Waals surface area contributed by atoms with Crippen LogP contribution in [0, 0.1) is 0 Å². The molecule has 96 valence electrons. The molecule has 1 N–H and O–H groups in total. The number of aromatic carboxylic acids is 1. The van der Waals surface area contributed by atoms with Gasteiger partial charge in [0.2, 0.25) is 0 Å². The van der Waals surface area contributed by atoms with Crippen LogP contribution in [-0.2, 0) is 0 Å². The van der Waals surface area contributed by atoms with E-state index in [0.717, 1.165) is 0 Å². The van der Waals surface area contributed by atoms with Gasteiger partial charge in [0.25, 0.3) is 0 Å². The Labute approximate surface area is 117 Å². The molecule has 0 aliphatic rings. The molecule has 3 heterocycles. The molecule has 0 bridgehead atoms. The maximum atomic E-state index is 10.9. The second kappa shape index (κ2) is 4.29. The molecule has 0 radical (unpaired) electrons. The fourth-order valence-electron chi connectivity index (χ4n) is 1.79. The van der Waals surface area contributed by atoms with Crippen LogP contribution in [0.1, 0.15) is 10.4 Å². The highest BCUT2D eigenvalue weighted by atomic mass is 35.5. The van der Waals surface area contributed by atoms with Gasteiger partial charge in [-0.05, 0) is 35.9 Å². The predicted molar refractivity (Wildman–Crippen MR) is 69.9 cm³/mol. The van der Waals surface area contributed by atoms with E-state index in [1.54, 1.807) is 22.7 Å². The summed E-state index contributed by atoms with van der Waals surface area (Å²) in [5.41, 5.74) is 0.627. The number of aromatic nitrogens is 2.